The van der Waals surface area contributed by atoms with E-state index in [0.717, 1.165) is 16.6 Å². The summed E-state index contributed by atoms with van der Waals surface area (Å²) < 4.78 is 0.993. The molecule has 2 aromatic carbocycles. The third-order valence-corrected chi connectivity index (χ3v) is 4.16. The zero-order valence-corrected chi connectivity index (χ0v) is 14.1. The van der Waals surface area contributed by atoms with Gasteiger partial charge in [-0.05, 0) is 36.1 Å². The van der Waals surface area contributed by atoms with Crippen LogP contribution in [0.5, 0.6) is 0 Å². The highest BCUT2D eigenvalue weighted by Crippen LogP contribution is 2.18. The fraction of sp³-hybridized carbons (Fsp3) is 0.333. The molecule has 2 atom stereocenters. The van der Waals surface area contributed by atoms with Crippen molar-refractivity contribution in [3.05, 3.63) is 69.7 Å². The summed E-state index contributed by atoms with van der Waals surface area (Å²) in [5.41, 5.74) is 3.54. The van der Waals surface area contributed by atoms with E-state index in [-0.39, 0.29) is 0 Å². The van der Waals surface area contributed by atoms with Crippen LogP contribution in [-0.2, 0) is 0 Å². The average molecular weight is 348 g/mol. The molecule has 0 aliphatic rings. The Hall–Kier alpha value is -1.16. The van der Waals surface area contributed by atoms with Gasteiger partial charge in [0.15, 0.2) is 0 Å². The minimum Gasteiger partial charge on any atom is -0.387 e. The van der Waals surface area contributed by atoms with E-state index in [9.17, 15) is 5.11 Å². The molecule has 0 amide bonds. The smallest absolute Gasteiger partial charge is 0.0914 e. The second kappa shape index (κ2) is 7.74. The number of rotatable bonds is 6. The van der Waals surface area contributed by atoms with Crippen LogP contribution in [0.1, 0.15) is 35.6 Å². The molecule has 3 heteroatoms. The summed E-state index contributed by atoms with van der Waals surface area (Å²) in [5.74, 6) is 0.431. The van der Waals surface area contributed by atoms with Crippen molar-refractivity contribution in [2.24, 2.45) is 0 Å². The second-order valence-electron chi connectivity index (χ2n) is 5.54. The predicted molar refractivity (Wildman–Crippen MR) is 91.6 cm³/mol. The molecule has 0 spiro atoms. The van der Waals surface area contributed by atoms with Crippen LogP contribution >= 0.6 is 15.9 Å². The first-order valence-corrected chi connectivity index (χ1v) is 8.06. The maximum absolute atomic E-state index is 10.2. The number of benzene rings is 2. The number of hydrogen-bond acceptors (Lipinski definition) is 2. The van der Waals surface area contributed by atoms with Gasteiger partial charge in [0, 0.05) is 17.6 Å². The van der Waals surface area contributed by atoms with Crippen molar-refractivity contribution in [1.82, 2.24) is 5.32 Å². The van der Waals surface area contributed by atoms with E-state index in [1.54, 1.807) is 0 Å². The van der Waals surface area contributed by atoms with Gasteiger partial charge in [-0.1, -0.05) is 64.8 Å². The molecule has 0 aliphatic carbocycles. The van der Waals surface area contributed by atoms with E-state index >= 15 is 0 Å². The predicted octanol–water partition coefficient (Wildman–Crippen LogP) is 4.18. The fourth-order valence-corrected chi connectivity index (χ4v) is 2.70. The summed E-state index contributed by atoms with van der Waals surface area (Å²) in [5, 5.41) is 13.5. The summed E-state index contributed by atoms with van der Waals surface area (Å²) in [4.78, 5) is 0. The molecule has 21 heavy (non-hydrogen) atoms. The normalized spacial score (nSPS) is 13.9. The lowest BCUT2D eigenvalue weighted by Crippen LogP contribution is -2.25. The molecule has 112 valence electrons. The first-order chi connectivity index (χ1) is 10.1. The van der Waals surface area contributed by atoms with E-state index in [1.807, 2.05) is 24.3 Å². The van der Waals surface area contributed by atoms with Crippen LogP contribution < -0.4 is 5.32 Å². The van der Waals surface area contributed by atoms with Crippen LogP contribution in [0.25, 0.3) is 0 Å². The Kier molecular flexibility index (Phi) is 5.97. The van der Waals surface area contributed by atoms with Gasteiger partial charge in [-0.3, -0.25) is 0 Å². The van der Waals surface area contributed by atoms with Crippen LogP contribution in [0, 0.1) is 6.92 Å². The molecular formula is C18H22BrNO. The van der Waals surface area contributed by atoms with Crippen molar-refractivity contribution in [3.63, 3.8) is 0 Å². The molecular weight excluding hydrogens is 326 g/mol. The van der Waals surface area contributed by atoms with Gasteiger partial charge in [-0.25, -0.2) is 0 Å². The molecule has 0 radical (unpaired) electrons. The summed E-state index contributed by atoms with van der Waals surface area (Å²) in [6.07, 6.45) is -0.479. The van der Waals surface area contributed by atoms with Gasteiger partial charge in [0.05, 0.1) is 6.10 Å². The molecule has 2 N–H and O–H groups in total. The van der Waals surface area contributed by atoms with Crippen molar-refractivity contribution >= 4 is 15.9 Å². The Bertz CT molecular complexity index is 568. The Morgan fingerprint density at radius 3 is 2.43 bits per heavy atom. The quantitative estimate of drug-likeness (QED) is 0.821. The van der Waals surface area contributed by atoms with Crippen molar-refractivity contribution in [1.29, 1.82) is 0 Å². The SMILES string of the molecule is Cc1ccc(C(C)CNCC(O)c2cccc(Br)c2)cc1. The van der Waals surface area contributed by atoms with Crippen molar-refractivity contribution in [2.45, 2.75) is 25.9 Å². The van der Waals surface area contributed by atoms with E-state index in [0.29, 0.717) is 12.5 Å². The number of aliphatic hydroxyl groups excluding tert-OH is 1. The lowest BCUT2D eigenvalue weighted by Gasteiger charge is -2.16. The van der Waals surface area contributed by atoms with Crippen LogP contribution in [-0.4, -0.2) is 18.2 Å². The summed E-state index contributed by atoms with van der Waals surface area (Å²) in [6, 6.07) is 16.4. The van der Waals surface area contributed by atoms with Gasteiger partial charge in [-0.15, -0.1) is 0 Å². The average Bonchev–Trinajstić information content (AvgIpc) is 2.47. The Morgan fingerprint density at radius 2 is 1.76 bits per heavy atom. The van der Waals surface area contributed by atoms with Crippen molar-refractivity contribution in [3.8, 4) is 0 Å². The molecule has 2 rings (SSSR count). The highest BCUT2D eigenvalue weighted by atomic mass is 79.9. The Balaban J connectivity index is 1.82. The van der Waals surface area contributed by atoms with Gasteiger partial charge in [0.2, 0.25) is 0 Å². The maximum Gasteiger partial charge on any atom is 0.0914 e. The Morgan fingerprint density at radius 1 is 1.05 bits per heavy atom. The van der Waals surface area contributed by atoms with Gasteiger partial charge in [0.25, 0.3) is 0 Å². The van der Waals surface area contributed by atoms with E-state index in [1.165, 1.54) is 11.1 Å². The van der Waals surface area contributed by atoms with E-state index < -0.39 is 6.10 Å². The molecule has 0 fully saturated rings. The van der Waals surface area contributed by atoms with E-state index in [4.69, 9.17) is 0 Å². The number of halogens is 1. The first-order valence-electron chi connectivity index (χ1n) is 7.27. The first kappa shape index (κ1) is 16.2. The molecule has 0 aliphatic heterocycles. The lowest BCUT2D eigenvalue weighted by molar-refractivity contribution is 0.174. The third-order valence-electron chi connectivity index (χ3n) is 3.67. The van der Waals surface area contributed by atoms with Crippen LogP contribution in [0.2, 0.25) is 0 Å². The molecule has 0 heterocycles. The number of aryl methyl sites for hydroxylation is 1. The maximum atomic E-state index is 10.2. The van der Waals surface area contributed by atoms with Gasteiger partial charge in [-0.2, -0.15) is 0 Å². The minimum atomic E-state index is -0.479. The van der Waals surface area contributed by atoms with Crippen molar-refractivity contribution in [2.75, 3.05) is 13.1 Å². The lowest BCUT2D eigenvalue weighted by atomic mass is 10.00. The molecule has 0 bridgehead atoms. The highest BCUT2D eigenvalue weighted by molar-refractivity contribution is 9.10. The molecule has 2 unspecified atom stereocenters. The fourth-order valence-electron chi connectivity index (χ4n) is 2.28. The minimum absolute atomic E-state index is 0.431. The molecule has 0 saturated heterocycles. The van der Waals surface area contributed by atoms with Crippen LogP contribution in [0.15, 0.2) is 53.0 Å². The topological polar surface area (TPSA) is 32.3 Å². The molecule has 0 aromatic heterocycles. The monoisotopic (exact) mass is 347 g/mol. The summed E-state index contributed by atoms with van der Waals surface area (Å²) >= 11 is 3.43. The number of nitrogens with one attached hydrogen (secondary N) is 1. The van der Waals surface area contributed by atoms with Gasteiger partial charge < -0.3 is 10.4 Å². The van der Waals surface area contributed by atoms with E-state index in [2.05, 4.69) is 59.4 Å². The summed E-state index contributed by atoms with van der Waals surface area (Å²) in [6.45, 7) is 5.71. The number of hydrogen-bond donors (Lipinski definition) is 2. The van der Waals surface area contributed by atoms with Crippen LogP contribution in [0.3, 0.4) is 0 Å². The van der Waals surface area contributed by atoms with Crippen molar-refractivity contribution < 1.29 is 5.11 Å². The number of aliphatic hydroxyl groups is 1. The summed E-state index contributed by atoms with van der Waals surface area (Å²) in [7, 11) is 0. The molecule has 0 saturated carbocycles. The Labute approximate surface area is 135 Å². The molecule has 2 aromatic rings. The van der Waals surface area contributed by atoms with Gasteiger partial charge >= 0.3 is 0 Å². The largest absolute Gasteiger partial charge is 0.387 e. The zero-order valence-electron chi connectivity index (χ0n) is 12.5. The molecule has 2 nitrogen and oxygen atoms in total. The third kappa shape index (κ3) is 4.95. The highest BCUT2D eigenvalue weighted by Gasteiger charge is 2.09. The van der Waals surface area contributed by atoms with Crippen LogP contribution in [0.4, 0.5) is 0 Å². The van der Waals surface area contributed by atoms with Gasteiger partial charge in [0.1, 0.15) is 0 Å². The zero-order chi connectivity index (χ0) is 15.2. The standard InChI is InChI=1S/C18H22BrNO/c1-13-6-8-15(9-7-13)14(2)11-20-12-18(21)16-4-3-5-17(19)10-16/h3-10,14,18,20-21H,11-12H2,1-2H3. The second-order valence-corrected chi connectivity index (χ2v) is 6.46.